The van der Waals surface area contributed by atoms with Crippen molar-refractivity contribution in [1.29, 1.82) is 0 Å². The van der Waals surface area contributed by atoms with E-state index in [0.29, 0.717) is 0 Å². The number of aromatic nitrogens is 1. The summed E-state index contributed by atoms with van der Waals surface area (Å²) in [5.74, 6) is 0. The van der Waals surface area contributed by atoms with Gasteiger partial charge in [0.05, 0.1) is 5.69 Å². The molecule has 0 radical (unpaired) electrons. The molecule has 70 valence electrons. The molecule has 1 N–H and O–H groups in total. The molecule has 1 aromatic rings. The molecule has 2 nitrogen and oxygen atoms in total. The predicted octanol–water partition coefficient (Wildman–Crippen LogP) is 2.49. The van der Waals surface area contributed by atoms with Gasteiger partial charge in [0.1, 0.15) is 0 Å². The van der Waals surface area contributed by atoms with E-state index in [0.717, 1.165) is 22.8 Å². The molecular formula is C10H13BrN2. The van der Waals surface area contributed by atoms with Crippen LogP contribution in [0.4, 0.5) is 0 Å². The highest BCUT2D eigenvalue weighted by atomic mass is 79.9. The first kappa shape index (κ1) is 9.16. The molecule has 0 saturated heterocycles. The van der Waals surface area contributed by atoms with Crippen LogP contribution in [0.2, 0.25) is 0 Å². The highest BCUT2D eigenvalue weighted by Gasteiger charge is 2.16. The molecule has 1 heterocycles. The lowest BCUT2D eigenvalue weighted by molar-refractivity contribution is 0.337. The second-order valence-corrected chi connectivity index (χ2v) is 4.39. The Morgan fingerprint density at radius 2 is 2.38 bits per heavy atom. The maximum atomic E-state index is 4.28. The van der Waals surface area contributed by atoms with Crippen LogP contribution in [-0.2, 0) is 6.54 Å². The average Bonchev–Trinajstić information content (AvgIpc) is 2.01. The first-order valence-electron chi connectivity index (χ1n) is 4.68. The molecule has 1 aliphatic rings. The molecule has 0 aliphatic heterocycles. The minimum atomic E-state index is 0.737. The molecule has 13 heavy (non-hydrogen) atoms. The van der Waals surface area contributed by atoms with Gasteiger partial charge in [0.2, 0.25) is 0 Å². The lowest BCUT2D eigenvalue weighted by Gasteiger charge is -2.26. The summed E-state index contributed by atoms with van der Waals surface area (Å²) in [6, 6.07) is 4.75. The summed E-state index contributed by atoms with van der Waals surface area (Å²) < 4.78 is 1.10. The first-order valence-corrected chi connectivity index (χ1v) is 5.48. The summed E-state index contributed by atoms with van der Waals surface area (Å²) in [4.78, 5) is 4.28. The Bertz CT molecular complexity index is 284. The van der Waals surface area contributed by atoms with Crippen LogP contribution in [0.3, 0.4) is 0 Å². The minimum Gasteiger partial charge on any atom is -0.308 e. The fraction of sp³-hybridized carbons (Fsp3) is 0.500. The van der Waals surface area contributed by atoms with Gasteiger partial charge in [-0.1, -0.05) is 22.4 Å². The molecule has 2 rings (SSSR count). The Hall–Kier alpha value is -0.410. The van der Waals surface area contributed by atoms with Crippen LogP contribution in [0.5, 0.6) is 0 Å². The molecule has 0 aromatic carbocycles. The number of pyridine rings is 1. The molecule has 0 unspecified atom stereocenters. The summed E-state index contributed by atoms with van der Waals surface area (Å²) in [5.41, 5.74) is 1.11. The van der Waals surface area contributed by atoms with Crippen molar-refractivity contribution in [2.75, 3.05) is 0 Å². The van der Waals surface area contributed by atoms with Gasteiger partial charge in [-0.2, -0.15) is 0 Å². The summed E-state index contributed by atoms with van der Waals surface area (Å²) in [7, 11) is 0. The summed E-state index contributed by atoms with van der Waals surface area (Å²) in [6.45, 7) is 0.893. The number of rotatable bonds is 3. The normalized spacial score (nSPS) is 17.0. The number of hydrogen-bond acceptors (Lipinski definition) is 2. The van der Waals surface area contributed by atoms with Crippen LogP contribution in [0.25, 0.3) is 0 Å². The molecule has 1 saturated carbocycles. The van der Waals surface area contributed by atoms with Crippen molar-refractivity contribution in [2.24, 2.45) is 0 Å². The molecule has 1 aliphatic carbocycles. The van der Waals surface area contributed by atoms with Gasteiger partial charge in [0.15, 0.2) is 0 Å². The van der Waals surface area contributed by atoms with E-state index in [4.69, 9.17) is 0 Å². The van der Waals surface area contributed by atoms with Crippen LogP contribution in [0.15, 0.2) is 22.8 Å². The molecule has 1 aromatic heterocycles. The van der Waals surface area contributed by atoms with Crippen molar-refractivity contribution < 1.29 is 0 Å². The first-order chi connectivity index (χ1) is 6.34. The Balaban J connectivity index is 1.86. The summed E-state index contributed by atoms with van der Waals surface area (Å²) in [5, 5.41) is 3.48. The third-order valence-corrected chi connectivity index (χ3v) is 2.95. The van der Waals surface area contributed by atoms with Crippen LogP contribution in [0.1, 0.15) is 25.0 Å². The molecule has 0 atom stereocenters. The van der Waals surface area contributed by atoms with Gasteiger partial charge in [-0.25, -0.2) is 0 Å². The van der Waals surface area contributed by atoms with Crippen molar-refractivity contribution in [3.63, 3.8) is 0 Å². The van der Waals surface area contributed by atoms with E-state index in [-0.39, 0.29) is 0 Å². The van der Waals surface area contributed by atoms with Crippen molar-refractivity contribution in [3.8, 4) is 0 Å². The molecule has 3 heteroatoms. The van der Waals surface area contributed by atoms with Gasteiger partial charge >= 0.3 is 0 Å². The van der Waals surface area contributed by atoms with Gasteiger partial charge in [0, 0.05) is 23.3 Å². The Kier molecular flexibility index (Phi) is 2.96. The highest BCUT2D eigenvalue weighted by Crippen LogP contribution is 2.18. The van der Waals surface area contributed by atoms with E-state index >= 15 is 0 Å². The van der Waals surface area contributed by atoms with E-state index in [9.17, 15) is 0 Å². The van der Waals surface area contributed by atoms with Crippen molar-refractivity contribution in [2.45, 2.75) is 31.8 Å². The number of hydrogen-bond donors (Lipinski definition) is 1. The topological polar surface area (TPSA) is 24.9 Å². The molecule has 1 fully saturated rings. The predicted molar refractivity (Wildman–Crippen MR) is 56.4 cm³/mol. The lowest BCUT2D eigenvalue weighted by atomic mass is 9.93. The van der Waals surface area contributed by atoms with Crippen molar-refractivity contribution in [1.82, 2.24) is 10.3 Å². The Morgan fingerprint density at radius 1 is 1.54 bits per heavy atom. The third kappa shape index (κ3) is 2.51. The number of nitrogens with zero attached hydrogens (tertiary/aromatic N) is 1. The smallest absolute Gasteiger partial charge is 0.0552 e. The Morgan fingerprint density at radius 3 is 3.00 bits per heavy atom. The Labute approximate surface area is 86.9 Å². The quantitative estimate of drug-likeness (QED) is 0.879. The van der Waals surface area contributed by atoms with E-state index in [1.54, 1.807) is 0 Å². The van der Waals surface area contributed by atoms with E-state index in [1.807, 2.05) is 12.3 Å². The van der Waals surface area contributed by atoms with Crippen molar-refractivity contribution >= 4 is 15.9 Å². The van der Waals surface area contributed by atoms with E-state index < -0.39 is 0 Å². The zero-order valence-electron chi connectivity index (χ0n) is 7.46. The second kappa shape index (κ2) is 4.20. The van der Waals surface area contributed by atoms with Gasteiger partial charge in [-0.3, -0.25) is 4.98 Å². The monoisotopic (exact) mass is 240 g/mol. The minimum absolute atomic E-state index is 0.737. The highest BCUT2D eigenvalue weighted by molar-refractivity contribution is 9.10. The molecular weight excluding hydrogens is 228 g/mol. The number of nitrogens with one attached hydrogen (secondary N) is 1. The lowest BCUT2D eigenvalue weighted by Crippen LogP contribution is -2.34. The largest absolute Gasteiger partial charge is 0.308 e. The van der Waals surface area contributed by atoms with E-state index in [2.05, 4.69) is 32.3 Å². The van der Waals surface area contributed by atoms with Crippen LogP contribution in [-0.4, -0.2) is 11.0 Å². The fourth-order valence-corrected chi connectivity index (χ4v) is 1.79. The molecule has 0 amide bonds. The van der Waals surface area contributed by atoms with Crippen LogP contribution < -0.4 is 5.32 Å². The zero-order chi connectivity index (χ0) is 9.10. The van der Waals surface area contributed by atoms with Gasteiger partial charge in [-0.05, 0) is 25.0 Å². The summed E-state index contributed by atoms with van der Waals surface area (Å²) in [6.07, 6.45) is 5.87. The van der Waals surface area contributed by atoms with E-state index in [1.165, 1.54) is 19.3 Å². The van der Waals surface area contributed by atoms with Crippen molar-refractivity contribution in [3.05, 3.63) is 28.5 Å². The maximum Gasteiger partial charge on any atom is 0.0552 e. The van der Waals surface area contributed by atoms with Crippen LogP contribution >= 0.6 is 15.9 Å². The SMILES string of the molecule is Brc1ccnc(CNC2CCC2)c1. The van der Waals surface area contributed by atoms with Gasteiger partial charge < -0.3 is 5.32 Å². The van der Waals surface area contributed by atoms with Crippen LogP contribution in [0, 0.1) is 0 Å². The van der Waals surface area contributed by atoms with Gasteiger partial charge in [-0.15, -0.1) is 0 Å². The summed E-state index contributed by atoms with van der Waals surface area (Å²) >= 11 is 3.43. The second-order valence-electron chi connectivity index (χ2n) is 3.47. The maximum absolute atomic E-state index is 4.28. The third-order valence-electron chi connectivity index (χ3n) is 2.46. The molecule has 0 spiro atoms. The zero-order valence-corrected chi connectivity index (χ0v) is 9.05. The molecule has 0 bridgehead atoms. The fourth-order valence-electron chi connectivity index (χ4n) is 1.41. The standard InChI is InChI=1S/C10H13BrN2/c11-8-4-5-12-10(6-8)7-13-9-2-1-3-9/h4-6,9,13H,1-3,7H2. The average molecular weight is 241 g/mol. The number of halogens is 1. The van der Waals surface area contributed by atoms with Gasteiger partial charge in [0.25, 0.3) is 0 Å².